The topological polar surface area (TPSA) is 250 Å². The van der Waals surface area contributed by atoms with Gasteiger partial charge < -0.3 is 42.4 Å². The summed E-state index contributed by atoms with van der Waals surface area (Å²) in [7, 11) is 0. The molecule has 0 unspecified atom stereocenters. The average molecular weight is 780 g/mol. The first-order valence-electron chi connectivity index (χ1n) is 19.1. The van der Waals surface area contributed by atoms with Gasteiger partial charge in [-0.3, -0.25) is 33.8 Å². The number of carbonyl (C=O) groups is 6. The van der Waals surface area contributed by atoms with E-state index in [9.17, 15) is 33.9 Å². The largest absolute Gasteiger partial charge is 0.481 e. The maximum Gasteiger partial charge on any atom is 0.303 e. The summed E-state index contributed by atoms with van der Waals surface area (Å²) in [5, 5.41) is 23.5. The van der Waals surface area contributed by atoms with E-state index in [0.29, 0.717) is 56.7 Å². The van der Waals surface area contributed by atoms with E-state index in [1.165, 1.54) is 6.08 Å². The minimum absolute atomic E-state index is 0.0301. The van der Waals surface area contributed by atoms with Gasteiger partial charge in [-0.2, -0.15) is 0 Å². The number of para-hydroxylation sites is 2. The van der Waals surface area contributed by atoms with Crippen LogP contribution in [0.3, 0.4) is 0 Å². The molecule has 1 aliphatic carbocycles. The van der Waals surface area contributed by atoms with Gasteiger partial charge in [0.15, 0.2) is 0 Å². The second kappa shape index (κ2) is 20.4. The Morgan fingerprint density at radius 2 is 1.60 bits per heavy atom. The van der Waals surface area contributed by atoms with Crippen LogP contribution in [0.4, 0.5) is 11.6 Å². The molecule has 16 heteroatoms. The predicted octanol–water partition coefficient (Wildman–Crippen LogP) is 3.84. The van der Waals surface area contributed by atoms with Crippen LogP contribution in [-0.2, 0) is 24.0 Å². The van der Waals surface area contributed by atoms with Crippen molar-refractivity contribution < 1.29 is 33.9 Å². The van der Waals surface area contributed by atoms with E-state index in [0.717, 1.165) is 23.0 Å². The molecule has 0 saturated heterocycles. The number of hydrogen-bond donors (Lipinski definition) is 8. The monoisotopic (exact) mass is 779 g/mol. The number of aromatic amines is 1. The minimum Gasteiger partial charge on any atom is -0.481 e. The maximum atomic E-state index is 13.9. The molecule has 2 heterocycles. The molecule has 5 rings (SSSR count). The SMILES string of the molecule is NC(=O)C1(NC(=O)[C@@H](CCCC(=O)O)NC(=O)[C@@H](CCCCNC(=O)/C=C/c2cccnc2)NC(=O)c2ccc(Nc3nc4ccccc4[nH]3)cc2)CCCCC1. The first kappa shape index (κ1) is 41.6. The smallest absolute Gasteiger partial charge is 0.303 e. The molecule has 0 aliphatic heterocycles. The van der Waals surface area contributed by atoms with Crippen LogP contribution in [0.25, 0.3) is 17.1 Å². The lowest BCUT2D eigenvalue weighted by Gasteiger charge is -2.36. The number of H-pyrrole nitrogens is 1. The van der Waals surface area contributed by atoms with Crippen molar-refractivity contribution >= 4 is 64.3 Å². The highest BCUT2D eigenvalue weighted by Crippen LogP contribution is 2.28. The van der Waals surface area contributed by atoms with Crippen molar-refractivity contribution in [2.45, 2.75) is 88.3 Å². The Hall–Kier alpha value is -6.58. The Kier molecular flexibility index (Phi) is 14.9. The number of imidazole rings is 1. The Balaban J connectivity index is 1.25. The number of carbonyl (C=O) groups excluding carboxylic acids is 5. The molecule has 2 aromatic heterocycles. The summed E-state index contributed by atoms with van der Waals surface area (Å²) in [5.41, 5.74) is 7.84. The number of aromatic nitrogens is 3. The summed E-state index contributed by atoms with van der Waals surface area (Å²) in [4.78, 5) is 89.1. The Morgan fingerprint density at radius 3 is 2.30 bits per heavy atom. The zero-order valence-corrected chi connectivity index (χ0v) is 31.6. The molecule has 0 bridgehead atoms. The number of nitrogens with zero attached hydrogens (tertiary/aromatic N) is 2. The number of pyridine rings is 1. The van der Waals surface area contributed by atoms with E-state index >= 15 is 0 Å². The van der Waals surface area contributed by atoms with Crippen LogP contribution in [0.15, 0.2) is 79.1 Å². The van der Waals surface area contributed by atoms with Crippen LogP contribution in [0.1, 0.15) is 86.6 Å². The van der Waals surface area contributed by atoms with Gasteiger partial charge in [-0.05, 0) is 99.0 Å². The number of nitrogens with one attached hydrogen (secondary N) is 6. The first-order valence-corrected chi connectivity index (χ1v) is 19.1. The number of aliphatic carboxylic acids is 1. The first-order chi connectivity index (χ1) is 27.5. The second-order valence-corrected chi connectivity index (χ2v) is 14.1. The summed E-state index contributed by atoms with van der Waals surface area (Å²) < 4.78 is 0. The number of nitrogens with two attached hydrogens (primary N) is 1. The van der Waals surface area contributed by atoms with Gasteiger partial charge >= 0.3 is 5.97 Å². The number of primary amides is 1. The number of fused-ring (bicyclic) bond motifs is 1. The van der Waals surface area contributed by atoms with E-state index in [1.54, 1.807) is 48.8 Å². The fraction of sp³-hybridized carbons (Fsp3) is 0.366. The summed E-state index contributed by atoms with van der Waals surface area (Å²) in [6.45, 7) is 0.299. The van der Waals surface area contributed by atoms with Gasteiger partial charge in [-0.15, -0.1) is 0 Å². The van der Waals surface area contributed by atoms with E-state index < -0.39 is 47.2 Å². The minimum atomic E-state index is -1.28. The quantitative estimate of drug-likeness (QED) is 0.0475. The molecule has 1 fully saturated rings. The van der Waals surface area contributed by atoms with Gasteiger partial charge in [-0.25, -0.2) is 4.98 Å². The fourth-order valence-corrected chi connectivity index (χ4v) is 6.66. The highest BCUT2D eigenvalue weighted by molar-refractivity contribution is 5.99. The molecule has 0 spiro atoms. The van der Waals surface area contributed by atoms with Crippen LogP contribution < -0.4 is 32.3 Å². The molecule has 2 aromatic carbocycles. The van der Waals surface area contributed by atoms with E-state index in [1.807, 2.05) is 30.3 Å². The van der Waals surface area contributed by atoms with Crippen LogP contribution in [-0.4, -0.2) is 79.7 Å². The third kappa shape index (κ3) is 12.5. The lowest BCUT2D eigenvalue weighted by Crippen LogP contribution is -2.62. The molecule has 16 nitrogen and oxygen atoms in total. The maximum absolute atomic E-state index is 13.9. The molecular formula is C41H49N9O7. The van der Waals surface area contributed by atoms with Crippen molar-refractivity contribution in [2.24, 2.45) is 5.73 Å². The molecule has 1 saturated carbocycles. The fourth-order valence-electron chi connectivity index (χ4n) is 6.66. The number of unbranched alkanes of at least 4 members (excludes halogenated alkanes) is 1. The molecule has 2 atom stereocenters. The van der Waals surface area contributed by atoms with Gasteiger partial charge in [0.2, 0.25) is 29.6 Å². The zero-order valence-electron chi connectivity index (χ0n) is 31.6. The highest BCUT2D eigenvalue weighted by atomic mass is 16.4. The van der Waals surface area contributed by atoms with E-state index in [-0.39, 0.29) is 37.2 Å². The number of carboxylic acid groups (broad SMARTS) is 1. The average Bonchev–Trinajstić information content (AvgIpc) is 3.62. The zero-order chi connectivity index (χ0) is 40.6. The van der Waals surface area contributed by atoms with Crippen LogP contribution >= 0.6 is 0 Å². The Bertz CT molecular complexity index is 2010. The van der Waals surface area contributed by atoms with E-state index in [4.69, 9.17) is 5.73 Å². The van der Waals surface area contributed by atoms with Crippen LogP contribution in [0, 0.1) is 0 Å². The summed E-state index contributed by atoms with van der Waals surface area (Å²) in [5.74, 6) is -3.38. The Morgan fingerprint density at radius 1 is 0.860 bits per heavy atom. The van der Waals surface area contributed by atoms with Crippen molar-refractivity contribution in [3.63, 3.8) is 0 Å². The third-order valence-corrected chi connectivity index (χ3v) is 9.81. The number of hydrogen-bond acceptors (Lipinski definition) is 9. The predicted molar refractivity (Wildman–Crippen MR) is 214 cm³/mol. The van der Waals surface area contributed by atoms with Crippen molar-refractivity contribution in [1.82, 2.24) is 36.2 Å². The Labute approximate surface area is 329 Å². The molecular weight excluding hydrogens is 731 g/mol. The van der Waals surface area contributed by atoms with Gasteiger partial charge in [0.05, 0.1) is 11.0 Å². The van der Waals surface area contributed by atoms with Gasteiger partial charge in [0.1, 0.15) is 17.6 Å². The van der Waals surface area contributed by atoms with E-state index in [2.05, 4.69) is 41.5 Å². The van der Waals surface area contributed by atoms with Crippen molar-refractivity contribution in [3.8, 4) is 0 Å². The van der Waals surface area contributed by atoms with Crippen LogP contribution in [0.2, 0.25) is 0 Å². The van der Waals surface area contributed by atoms with Crippen molar-refractivity contribution in [1.29, 1.82) is 0 Å². The van der Waals surface area contributed by atoms with Gasteiger partial charge in [0, 0.05) is 42.7 Å². The van der Waals surface area contributed by atoms with Crippen LogP contribution in [0.5, 0.6) is 0 Å². The third-order valence-electron chi connectivity index (χ3n) is 9.81. The second-order valence-electron chi connectivity index (χ2n) is 14.1. The summed E-state index contributed by atoms with van der Waals surface area (Å²) in [6.07, 6.45) is 10.1. The van der Waals surface area contributed by atoms with Gasteiger partial charge in [0.25, 0.3) is 5.91 Å². The molecule has 9 N–H and O–H groups in total. The number of rotatable bonds is 20. The normalized spacial score (nSPS) is 14.6. The van der Waals surface area contributed by atoms with Crippen molar-refractivity contribution in [2.75, 3.05) is 11.9 Å². The lowest BCUT2D eigenvalue weighted by atomic mass is 9.80. The number of anilines is 2. The lowest BCUT2D eigenvalue weighted by molar-refractivity contribution is -0.137. The summed E-state index contributed by atoms with van der Waals surface area (Å²) >= 11 is 0. The van der Waals surface area contributed by atoms with Gasteiger partial charge in [-0.1, -0.05) is 37.5 Å². The number of amides is 5. The number of carboxylic acids is 1. The standard InChI is InChI=1S/C41H49N9O7/c42-39(57)41(22-5-1-6-23-41)50-38(56)33(14-8-15-35(52)53)47-37(55)32(13-4-7-25-44-34(51)21-16-27-10-9-24-43-26-27)46-36(54)28-17-19-29(20-18-28)45-40-48-30-11-2-3-12-31(30)49-40/h2-3,9-12,16-21,24,26,32-33H,1,4-8,13-15,22-23,25H2,(H2,42,57)(H,44,51)(H,46,54)(H,47,55)(H,50,56)(H,52,53)(H2,45,48,49)/b21-16+/t32-,33-/m1/s1. The molecule has 57 heavy (non-hydrogen) atoms. The molecule has 4 aromatic rings. The molecule has 1 aliphatic rings. The summed E-state index contributed by atoms with van der Waals surface area (Å²) in [6, 6.07) is 15.4. The molecule has 5 amide bonds. The van der Waals surface area contributed by atoms with Crippen molar-refractivity contribution in [3.05, 3.63) is 90.3 Å². The molecule has 0 radical (unpaired) electrons. The number of benzene rings is 2. The molecule has 300 valence electrons. The highest BCUT2D eigenvalue weighted by Gasteiger charge is 2.41.